The summed E-state index contributed by atoms with van der Waals surface area (Å²) < 4.78 is 5.27. The van der Waals surface area contributed by atoms with E-state index in [4.69, 9.17) is 4.74 Å². The number of rotatable bonds is 6. The van der Waals surface area contributed by atoms with Crippen molar-refractivity contribution < 1.29 is 14.3 Å². The first-order valence-electron chi connectivity index (χ1n) is 9.66. The molecule has 2 saturated heterocycles. The number of carbonyl (C=O) groups is 2. The minimum absolute atomic E-state index is 0. The topological polar surface area (TPSA) is 70.7 Å². The Balaban J connectivity index is 0.00000261. The third kappa shape index (κ3) is 7.13. The number of piperidine rings is 1. The molecular weight excluding hydrogens is 366 g/mol. The van der Waals surface area contributed by atoms with Crippen LogP contribution in [0, 0.1) is 5.92 Å². The molecule has 0 unspecified atom stereocenters. The molecule has 0 spiro atoms. The van der Waals surface area contributed by atoms with E-state index in [-0.39, 0.29) is 24.2 Å². The molecule has 0 bridgehead atoms. The molecule has 27 heavy (non-hydrogen) atoms. The third-order valence-corrected chi connectivity index (χ3v) is 5.20. The van der Waals surface area contributed by atoms with Gasteiger partial charge in [0.15, 0.2) is 0 Å². The summed E-state index contributed by atoms with van der Waals surface area (Å²) in [5.74, 6) is 0.864. The van der Waals surface area contributed by atoms with E-state index >= 15 is 0 Å². The Morgan fingerprint density at radius 3 is 2.44 bits per heavy atom. The number of nitrogens with one attached hydrogen (secondary N) is 2. The molecule has 150 valence electrons. The molecule has 0 atom stereocenters. The van der Waals surface area contributed by atoms with E-state index < -0.39 is 0 Å². The van der Waals surface area contributed by atoms with Crippen LogP contribution >= 0.6 is 12.4 Å². The summed E-state index contributed by atoms with van der Waals surface area (Å²) in [5.41, 5.74) is 1.76. The summed E-state index contributed by atoms with van der Waals surface area (Å²) in [6.45, 7) is 4.71. The first-order valence-corrected chi connectivity index (χ1v) is 9.66. The van der Waals surface area contributed by atoms with Crippen molar-refractivity contribution in [2.45, 2.75) is 32.1 Å². The zero-order valence-corrected chi connectivity index (χ0v) is 16.6. The minimum Gasteiger partial charge on any atom is -0.378 e. The first-order chi connectivity index (χ1) is 12.7. The smallest absolute Gasteiger partial charge is 0.227 e. The van der Waals surface area contributed by atoms with Crippen molar-refractivity contribution in [3.05, 3.63) is 29.8 Å². The van der Waals surface area contributed by atoms with E-state index in [1.165, 1.54) is 12.8 Å². The number of benzene rings is 1. The summed E-state index contributed by atoms with van der Waals surface area (Å²) in [6, 6.07) is 7.59. The fraction of sp³-hybridized carbons (Fsp3) is 0.600. The van der Waals surface area contributed by atoms with Crippen LogP contribution in [-0.2, 0) is 20.7 Å². The Hall–Kier alpha value is -1.63. The Morgan fingerprint density at radius 2 is 1.78 bits per heavy atom. The lowest BCUT2D eigenvalue weighted by Crippen LogP contribution is -2.41. The number of amides is 2. The average Bonchev–Trinajstić information content (AvgIpc) is 2.69. The van der Waals surface area contributed by atoms with Crippen LogP contribution in [0.25, 0.3) is 0 Å². The van der Waals surface area contributed by atoms with Crippen LogP contribution in [0.15, 0.2) is 24.3 Å². The van der Waals surface area contributed by atoms with Gasteiger partial charge in [-0.1, -0.05) is 12.1 Å². The highest BCUT2D eigenvalue weighted by Crippen LogP contribution is 2.18. The van der Waals surface area contributed by atoms with Crippen molar-refractivity contribution in [1.29, 1.82) is 0 Å². The Morgan fingerprint density at radius 1 is 1.11 bits per heavy atom. The van der Waals surface area contributed by atoms with E-state index in [1.54, 1.807) is 0 Å². The molecule has 0 aliphatic carbocycles. The normalized spacial score (nSPS) is 17.9. The Labute approximate surface area is 167 Å². The van der Waals surface area contributed by atoms with Crippen LogP contribution in [0.4, 0.5) is 5.69 Å². The number of ether oxygens (including phenoxy) is 1. The molecule has 2 aliphatic rings. The molecular formula is C20H30ClN3O3. The molecule has 3 rings (SSSR count). The van der Waals surface area contributed by atoms with Crippen LogP contribution in [0.5, 0.6) is 0 Å². The van der Waals surface area contributed by atoms with E-state index in [0.29, 0.717) is 45.1 Å². The van der Waals surface area contributed by atoms with Gasteiger partial charge in [-0.05, 0) is 56.0 Å². The summed E-state index contributed by atoms with van der Waals surface area (Å²) in [6.07, 6.45) is 4.25. The van der Waals surface area contributed by atoms with Crippen molar-refractivity contribution >= 4 is 29.9 Å². The van der Waals surface area contributed by atoms with Gasteiger partial charge in [-0.25, -0.2) is 0 Å². The lowest BCUT2D eigenvalue weighted by atomic mass is 9.93. The summed E-state index contributed by atoms with van der Waals surface area (Å²) in [4.78, 5) is 26.2. The van der Waals surface area contributed by atoms with E-state index in [2.05, 4.69) is 10.6 Å². The quantitative estimate of drug-likeness (QED) is 0.774. The van der Waals surface area contributed by atoms with Gasteiger partial charge in [-0.15, -0.1) is 12.4 Å². The molecule has 6 nitrogen and oxygen atoms in total. The van der Waals surface area contributed by atoms with E-state index in [1.807, 2.05) is 29.2 Å². The van der Waals surface area contributed by atoms with Gasteiger partial charge in [-0.3, -0.25) is 9.59 Å². The Kier molecular flexibility index (Phi) is 9.04. The van der Waals surface area contributed by atoms with Gasteiger partial charge >= 0.3 is 0 Å². The largest absolute Gasteiger partial charge is 0.378 e. The average molecular weight is 396 g/mol. The molecule has 1 aromatic rings. The zero-order chi connectivity index (χ0) is 18.2. The maximum absolute atomic E-state index is 12.3. The van der Waals surface area contributed by atoms with Crippen LogP contribution in [0.1, 0.15) is 31.2 Å². The second-order valence-electron chi connectivity index (χ2n) is 7.15. The van der Waals surface area contributed by atoms with Crippen molar-refractivity contribution in [1.82, 2.24) is 10.2 Å². The minimum atomic E-state index is 0. The van der Waals surface area contributed by atoms with Crippen LogP contribution < -0.4 is 10.6 Å². The third-order valence-electron chi connectivity index (χ3n) is 5.20. The number of nitrogens with zero attached hydrogens (tertiary/aromatic N) is 1. The van der Waals surface area contributed by atoms with E-state index in [0.717, 1.165) is 30.8 Å². The molecule has 1 aromatic carbocycles. The van der Waals surface area contributed by atoms with E-state index in [9.17, 15) is 9.59 Å². The second kappa shape index (κ2) is 11.3. The number of morpholine rings is 1. The van der Waals surface area contributed by atoms with Crippen molar-refractivity contribution in [3.63, 3.8) is 0 Å². The summed E-state index contributed by atoms with van der Waals surface area (Å²) in [7, 11) is 0. The van der Waals surface area contributed by atoms with Gasteiger partial charge in [0.25, 0.3) is 0 Å². The monoisotopic (exact) mass is 395 g/mol. The molecule has 7 heteroatoms. The van der Waals surface area contributed by atoms with Crippen LogP contribution in [0.3, 0.4) is 0 Å². The van der Waals surface area contributed by atoms with Gasteiger partial charge in [0.05, 0.1) is 19.6 Å². The highest BCUT2D eigenvalue weighted by molar-refractivity contribution is 5.90. The van der Waals surface area contributed by atoms with Crippen molar-refractivity contribution in [2.75, 3.05) is 44.7 Å². The van der Waals surface area contributed by atoms with Crippen LogP contribution in [-0.4, -0.2) is 56.1 Å². The molecule has 2 fully saturated rings. The standard InChI is InChI=1S/C20H29N3O3.ClH/c24-19(6-3-16-7-9-21-10-8-16)22-18-4-1-17(2-5-18)15-20(25)23-11-13-26-14-12-23;/h1-2,4-5,16,21H,3,6-15H2,(H,22,24);1H. The lowest BCUT2D eigenvalue weighted by molar-refractivity contribution is -0.134. The number of anilines is 1. The van der Waals surface area contributed by atoms with Crippen molar-refractivity contribution in [3.8, 4) is 0 Å². The molecule has 2 N–H and O–H groups in total. The summed E-state index contributed by atoms with van der Waals surface area (Å²) in [5, 5.41) is 6.31. The Bertz CT molecular complexity index is 597. The van der Waals surface area contributed by atoms with Crippen molar-refractivity contribution in [2.24, 2.45) is 5.92 Å². The number of hydrogen-bond donors (Lipinski definition) is 2. The molecule has 2 heterocycles. The zero-order valence-electron chi connectivity index (χ0n) is 15.7. The molecule has 0 radical (unpaired) electrons. The molecule has 0 saturated carbocycles. The van der Waals surface area contributed by atoms with Gasteiger partial charge < -0.3 is 20.3 Å². The first kappa shape index (κ1) is 21.7. The fourth-order valence-electron chi connectivity index (χ4n) is 3.53. The number of halogens is 1. The second-order valence-corrected chi connectivity index (χ2v) is 7.15. The lowest BCUT2D eigenvalue weighted by Gasteiger charge is -2.26. The SMILES string of the molecule is Cl.O=C(CCC1CCNCC1)Nc1ccc(CC(=O)N2CCOCC2)cc1. The molecule has 2 amide bonds. The maximum Gasteiger partial charge on any atom is 0.227 e. The fourth-order valence-corrected chi connectivity index (χ4v) is 3.53. The number of hydrogen-bond acceptors (Lipinski definition) is 4. The molecule has 0 aromatic heterocycles. The highest BCUT2D eigenvalue weighted by Gasteiger charge is 2.17. The number of carbonyl (C=O) groups excluding carboxylic acids is 2. The van der Waals surface area contributed by atoms with Gasteiger partial charge in [-0.2, -0.15) is 0 Å². The van der Waals surface area contributed by atoms with Gasteiger partial charge in [0.2, 0.25) is 11.8 Å². The van der Waals surface area contributed by atoms with Crippen LogP contribution in [0.2, 0.25) is 0 Å². The van der Waals surface area contributed by atoms with Gasteiger partial charge in [0.1, 0.15) is 0 Å². The summed E-state index contributed by atoms with van der Waals surface area (Å²) >= 11 is 0. The predicted octanol–water partition coefficient (Wildman–Crippen LogP) is 2.23. The molecule has 2 aliphatic heterocycles. The predicted molar refractivity (Wildman–Crippen MR) is 108 cm³/mol. The van der Waals surface area contributed by atoms with Gasteiger partial charge in [0, 0.05) is 25.2 Å². The maximum atomic E-state index is 12.3. The highest BCUT2D eigenvalue weighted by atomic mass is 35.5.